The first-order valence-electron chi connectivity index (χ1n) is 6.49. The molecule has 0 saturated heterocycles. The van der Waals surface area contributed by atoms with Crippen molar-refractivity contribution in [2.24, 2.45) is 0 Å². The van der Waals surface area contributed by atoms with E-state index >= 15 is 0 Å². The van der Waals surface area contributed by atoms with E-state index in [0.29, 0.717) is 0 Å². The second-order valence-electron chi connectivity index (χ2n) is 4.61. The normalized spacial score (nSPS) is 11.5. The molecule has 5 heteroatoms. The van der Waals surface area contributed by atoms with Gasteiger partial charge in [0.05, 0.1) is 21.0 Å². The molecule has 106 valence electrons. The number of fused-ring (bicyclic) bond motifs is 1. The molecular formula is C16H14N2O2S. The highest BCUT2D eigenvalue weighted by molar-refractivity contribution is 7.91. The summed E-state index contributed by atoms with van der Waals surface area (Å²) in [5.41, 5.74) is 1.63. The summed E-state index contributed by atoms with van der Waals surface area (Å²) in [6, 6.07) is 15.7. The van der Waals surface area contributed by atoms with Crippen LogP contribution in [0.4, 0.5) is 5.69 Å². The van der Waals surface area contributed by atoms with Crippen molar-refractivity contribution in [2.45, 2.75) is 9.79 Å². The van der Waals surface area contributed by atoms with E-state index in [2.05, 4.69) is 10.3 Å². The molecule has 1 aromatic heterocycles. The average molecular weight is 298 g/mol. The Balaban J connectivity index is 2.18. The van der Waals surface area contributed by atoms with Crippen molar-refractivity contribution in [2.75, 3.05) is 12.4 Å². The zero-order chi connectivity index (χ0) is 14.9. The predicted molar refractivity (Wildman–Crippen MR) is 83.2 cm³/mol. The van der Waals surface area contributed by atoms with Crippen LogP contribution in [0.15, 0.2) is 70.6 Å². The molecule has 0 fully saturated rings. The van der Waals surface area contributed by atoms with Gasteiger partial charge in [-0.25, -0.2) is 8.42 Å². The van der Waals surface area contributed by atoms with E-state index in [-0.39, 0.29) is 9.79 Å². The first-order valence-corrected chi connectivity index (χ1v) is 7.98. The Bertz CT molecular complexity index is 891. The van der Waals surface area contributed by atoms with Gasteiger partial charge in [-0.3, -0.25) is 4.98 Å². The summed E-state index contributed by atoms with van der Waals surface area (Å²) in [5.74, 6) is 0. The fourth-order valence-corrected chi connectivity index (χ4v) is 3.49. The molecule has 0 aliphatic heterocycles. The summed E-state index contributed by atoms with van der Waals surface area (Å²) in [7, 11) is -1.72. The lowest BCUT2D eigenvalue weighted by molar-refractivity contribution is 0.596. The first-order chi connectivity index (χ1) is 10.1. The third kappa shape index (κ3) is 2.36. The van der Waals surface area contributed by atoms with Gasteiger partial charge >= 0.3 is 0 Å². The van der Waals surface area contributed by atoms with E-state index in [1.807, 2.05) is 25.2 Å². The number of rotatable bonds is 3. The Morgan fingerprint density at radius 2 is 1.71 bits per heavy atom. The van der Waals surface area contributed by atoms with Crippen LogP contribution in [0.25, 0.3) is 10.9 Å². The molecule has 0 amide bonds. The fourth-order valence-electron chi connectivity index (χ4n) is 2.23. The Morgan fingerprint density at radius 1 is 0.952 bits per heavy atom. The van der Waals surface area contributed by atoms with Gasteiger partial charge in [-0.2, -0.15) is 0 Å². The van der Waals surface area contributed by atoms with Crippen LogP contribution in [-0.2, 0) is 9.84 Å². The van der Waals surface area contributed by atoms with E-state index < -0.39 is 9.84 Å². The highest BCUT2D eigenvalue weighted by atomic mass is 32.2. The van der Waals surface area contributed by atoms with Crippen LogP contribution >= 0.6 is 0 Å². The number of nitrogens with zero attached hydrogens (tertiary/aromatic N) is 1. The maximum absolute atomic E-state index is 12.6. The SMILES string of the molecule is CNc1cccc2cc(S(=O)(=O)c3ccccc3)cnc12. The summed E-state index contributed by atoms with van der Waals surface area (Å²) in [6.45, 7) is 0. The quantitative estimate of drug-likeness (QED) is 0.807. The molecule has 0 atom stereocenters. The minimum Gasteiger partial charge on any atom is -0.386 e. The Morgan fingerprint density at radius 3 is 2.43 bits per heavy atom. The number of hydrogen-bond donors (Lipinski definition) is 1. The minimum absolute atomic E-state index is 0.203. The third-order valence-electron chi connectivity index (χ3n) is 3.32. The van der Waals surface area contributed by atoms with Crippen LogP contribution < -0.4 is 5.32 Å². The molecule has 0 aliphatic carbocycles. The molecule has 0 saturated carbocycles. The molecule has 0 radical (unpaired) electrons. The lowest BCUT2D eigenvalue weighted by Crippen LogP contribution is -2.03. The zero-order valence-electron chi connectivity index (χ0n) is 11.4. The molecule has 21 heavy (non-hydrogen) atoms. The monoisotopic (exact) mass is 298 g/mol. The number of pyridine rings is 1. The Labute approximate surface area is 123 Å². The molecular weight excluding hydrogens is 284 g/mol. The van der Waals surface area contributed by atoms with Crippen LogP contribution in [0.5, 0.6) is 0 Å². The number of hydrogen-bond acceptors (Lipinski definition) is 4. The van der Waals surface area contributed by atoms with Gasteiger partial charge in [0, 0.05) is 18.6 Å². The second kappa shape index (κ2) is 5.18. The average Bonchev–Trinajstić information content (AvgIpc) is 2.54. The molecule has 3 aromatic rings. The van der Waals surface area contributed by atoms with Crippen molar-refractivity contribution < 1.29 is 8.42 Å². The highest BCUT2D eigenvalue weighted by Gasteiger charge is 2.18. The smallest absolute Gasteiger partial charge is 0.208 e. The van der Waals surface area contributed by atoms with Crippen molar-refractivity contribution in [3.8, 4) is 0 Å². The van der Waals surface area contributed by atoms with Crippen molar-refractivity contribution in [3.63, 3.8) is 0 Å². The van der Waals surface area contributed by atoms with Crippen molar-refractivity contribution >= 4 is 26.4 Å². The van der Waals surface area contributed by atoms with E-state index in [1.165, 1.54) is 6.20 Å². The van der Waals surface area contributed by atoms with Gasteiger partial charge in [0.25, 0.3) is 0 Å². The number of benzene rings is 2. The van der Waals surface area contributed by atoms with Crippen molar-refractivity contribution in [3.05, 3.63) is 60.8 Å². The molecule has 1 heterocycles. The Hall–Kier alpha value is -2.40. The third-order valence-corrected chi connectivity index (χ3v) is 5.06. The molecule has 0 bridgehead atoms. The molecule has 0 spiro atoms. The van der Waals surface area contributed by atoms with Gasteiger partial charge in [0.2, 0.25) is 9.84 Å². The fraction of sp³-hybridized carbons (Fsp3) is 0.0625. The molecule has 4 nitrogen and oxygen atoms in total. The summed E-state index contributed by atoms with van der Waals surface area (Å²) < 4.78 is 25.2. The van der Waals surface area contributed by atoms with Crippen LogP contribution in [-0.4, -0.2) is 20.4 Å². The number of aromatic nitrogens is 1. The summed E-state index contributed by atoms with van der Waals surface area (Å²) in [6.07, 6.45) is 1.41. The largest absolute Gasteiger partial charge is 0.386 e. The van der Waals surface area contributed by atoms with Gasteiger partial charge in [-0.15, -0.1) is 0 Å². The van der Waals surface area contributed by atoms with Gasteiger partial charge in [0.1, 0.15) is 0 Å². The highest BCUT2D eigenvalue weighted by Crippen LogP contribution is 2.26. The molecule has 0 unspecified atom stereocenters. The predicted octanol–water partition coefficient (Wildman–Crippen LogP) is 3.11. The van der Waals surface area contributed by atoms with Gasteiger partial charge in [0.15, 0.2) is 0 Å². The van der Waals surface area contributed by atoms with E-state index in [0.717, 1.165) is 16.6 Å². The van der Waals surface area contributed by atoms with E-state index in [4.69, 9.17) is 0 Å². The zero-order valence-corrected chi connectivity index (χ0v) is 12.3. The first kappa shape index (κ1) is 13.6. The van der Waals surface area contributed by atoms with Crippen LogP contribution in [0.2, 0.25) is 0 Å². The van der Waals surface area contributed by atoms with E-state index in [9.17, 15) is 8.42 Å². The van der Waals surface area contributed by atoms with E-state index in [1.54, 1.807) is 36.4 Å². The number of anilines is 1. The van der Waals surface area contributed by atoms with Crippen molar-refractivity contribution in [1.82, 2.24) is 4.98 Å². The van der Waals surface area contributed by atoms with Gasteiger partial charge < -0.3 is 5.32 Å². The summed E-state index contributed by atoms with van der Waals surface area (Å²) in [5, 5.41) is 3.84. The minimum atomic E-state index is -3.53. The summed E-state index contributed by atoms with van der Waals surface area (Å²) in [4.78, 5) is 4.78. The molecule has 0 aliphatic rings. The standard InChI is InChI=1S/C16H14N2O2S/c1-17-15-9-5-6-12-10-14(11-18-16(12)15)21(19,20)13-7-3-2-4-8-13/h2-11,17H,1H3. The Kier molecular flexibility index (Phi) is 3.35. The van der Waals surface area contributed by atoms with Gasteiger partial charge in [-0.05, 0) is 24.3 Å². The van der Waals surface area contributed by atoms with Crippen LogP contribution in [0.3, 0.4) is 0 Å². The number of sulfone groups is 1. The second-order valence-corrected chi connectivity index (χ2v) is 6.56. The van der Waals surface area contributed by atoms with Crippen LogP contribution in [0, 0.1) is 0 Å². The topological polar surface area (TPSA) is 59.1 Å². The maximum Gasteiger partial charge on any atom is 0.208 e. The molecule has 3 rings (SSSR count). The molecule has 2 aromatic carbocycles. The lowest BCUT2D eigenvalue weighted by atomic mass is 10.2. The number of para-hydroxylation sites is 1. The molecule has 1 N–H and O–H groups in total. The van der Waals surface area contributed by atoms with Crippen molar-refractivity contribution in [1.29, 1.82) is 0 Å². The van der Waals surface area contributed by atoms with Crippen LogP contribution in [0.1, 0.15) is 0 Å². The maximum atomic E-state index is 12.6. The van der Waals surface area contributed by atoms with Gasteiger partial charge in [-0.1, -0.05) is 30.3 Å². The summed E-state index contributed by atoms with van der Waals surface area (Å²) >= 11 is 0. The number of nitrogens with one attached hydrogen (secondary N) is 1. The lowest BCUT2D eigenvalue weighted by Gasteiger charge is -2.08.